The van der Waals surface area contributed by atoms with E-state index in [1.807, 2.05) is 64.3 Å². The number of aryl methyl sites for hydroxylation is 1. The molecule has 2 N–H and O–H groups in total. The monoisotopic (exact) mass is 545 g/mol. The van der Waals surface area contributed by atoms with Crippen LogP contribution in [-0.2, 0) is 11.8 Å². The summed E-state index contributed by atoms with van der Waals surface area (Å²) in [4.78, 5) is 19.4. The number of nitrogens with zero attached hydrogens (tertiary/aromatic N) is 5. The zero-order valence-electron chi connectivity index (χ0n) is 22.3. The lowest BCUT2D eigenvalue weighted by atomic mass is 10.2. The van der Waals surface area contributed by atoms with E-state index < -0.39 is 5.60 Å². The topological polar surface area (TPSA) is 122 Å². The fourth-order valence-electron chi connectivity index (χ4n) is 4.30. The van der Waals surface area contributed by atoms with Gasteiger partial charge in [-0.25, -0.2) is 4.79 Å². The first-order valence-electron chi connectivity index (χ1n) is 12.6. The zero-order chi connectivity index (χ0) is 27.7. The van der Waals surface area contributed by atoms with Crippen molar-refractivity contribution in [3.8, 4) is 16.9 Å². The highest BCUT2D eigenvalue weighted by Crippen LogP contribution is 2.28. The summed E-state index contributed by atoms with van der Waals surface area (Å²) in [5.74, 6) is 0.628. The molecule has 202 valence electrons. The average Bonchev–Trinajstić information content (AvgIpc) is 3.52. The number of likely N-dealkylation sites (tertiary alicyclic amines) is 1. The van der Waals surface area contributed by atoms with Gasteiger partial charge in [0.05, 0.1) is 24.5 Å². The molecule has 1 aromatic carbocycles. The summed E-state index contributed by atoms with van der Waals surface area (Å²) in [6.45, 7) is 6.61. The maximum absolute atomic E-state index is 12.4. The van der Waals surface area contributed by atoms with Crippen molar-refractivity contribution in [2.45, 2.75) is 43.8 Å². The van der Waals surface area contributed by atoms with Crippen molar-refractivity contribution in [2.24, 2.45) is 7.05 Å². The maximum atomic E-state index is 12.4. The molecule has 1 aliphatic heterocycles. The molecular weight excluding hydrogens is 514 g/mol. The third-order valence-corrected chi connectivity index (χ3v) is 7.03. The number of hydrogen-bond donors (Lipinski definition) is 2. The highest BCUT2D eigenvalue weighted by Gasteiger charge is 2.31. The fraction of sp³-hybridized carbons (Fsp3) is 0.321. The second kappa shape index (κ2) is 10.6. The minimum absolute atomic E-state index is 0.138. The van der Waals surface area contributed by atoms with Crippen LogP contribution in [0.3, 0.4) is 0 Å². The lowest BCUT2D eigenvalue weighted by Crippen LogP contribution is -2.36. The van der Waals surface area contributed by atoms with E-state index in [4.69, 9.17) is 20.3 Å². The molecule has 1 atom stereocenters. The first-order chi connectivity index (χ1) is 18.5. The lowest BCUT2D eigenvalue weighted by Gasteiger charge is -2.24. The number of carbonyl (C=O) groups is 1. The van der Waals surface area contributed by atoms with Crippen LogP contribution in [0.5, 0.6) is 5.75 Å². The van der Waals surface area contributed by atoms with Crippen LogP contribution in [-0.4, -0.2) is 60.3 Å². The van der Waals surface area contributed by atoms with Crippen LogP contribution in [0.25, 0.3) is 22.0 Å². The van der Waals surface area contributed by atoms with Gasteiger partial charge >= 0.3 is 6.09 Å². The number of rotatable bonds is 4. The number of nitrogens with one attached hydrogen (secondary N) is 2. The van der Waals surface area contributed by atoms with Crippen molar-refractivity contribution >= 4 is 33.9 Å². The van der Waals surface area contributed by atoms with E-state index >= 15 is 0 Å². The maximum Gasteiger partial charge on any atom is 0.410 e. The molecule has 4 heterocycles. The molecular formula is C28H31N7O3S. The van der Waals surface area contributed by atoms with Crippen molar-refractivity contribution in [3.63, 3.8) is 0 Å². The van der Waals surface area contributed by atoms with Gasteiger partial charge in [-0.1, -0.05) is 11.8 Å². The molecule has 0 spiro atoms. The van der Waals surface area contributed by atoms with Gasteiger partial charge in [-0.05, 0) is 57.2 Å². The van der Waals surface area contributed by atoms with Crippen molar-refractivity contribution in [3.05, 3.63) is 66.7 Å². The minimum Gasteiger partial charge on any atom is -0.487 e. The predicted octanol–water partition coefficient (Wildman–Crippen LogP) is 4.88. The molecule has 0 radical (unpaired) electrons. The molecule has 0 bridgehead atoms. The average molecular weight is 546 g/mol. The minimum atomic E-state index is -0.534. The molecule has 3 aromatic heterocycles. The standard InChI is InChI=1S/C28H31N7O3S/c1-28(2,3)38-27(36)34-10-9-21(17-34)37-22-11-19-12-23(6-7-24(19)31-14-22)39-26(30)35-16-18(5-8-25(35)29)20-13-32-33(4)15-20/h5-8,11-16,21,29-30H,9-10,17H2,1-4H3. The van der Waals surface area contributed by atoms with Crippen molar-refractivity contribution < 1.29 is 14.3 Å². The Hall–Kier alpha value is -4.12. The summed E-state index contributed by atoms with van der Waals surface area (Å²) in [6.07, 6.45) is 7.39. The van der Waals surface area contributed by atoms with Gasteiger partial charge in [-0.3, -0.25) is 25.1 Å². The van der Waals surface area contributed by atoms with Crippen molar-refractivity contribution in [1.82, 2.24) is 24.2 Å². The zero-order valence-corrected chi connectivity index (χ0v) is 23.2. The quantitative estimate of drug-likeness (QED) is 0.214. The molecule has 5 rings (SSSR count). The number of ether oxygens (including phenoxy) is 2. The van der Waals surface area contributed by atoms with Gasteiger partial charge in [0, 0.05) is 53.8 Å². The van der Waals surface area contributed by atoms with E-state index in [1.54, 1.807) is 38.8 Å². The van der Waals surface area contributed by atoms with Crippen LogP contribution in [0.15, 0.2) is 66.1 Å². The van der Waals surface area contributed by atoms with Gasteiger partial charge in [-0.15, -0.1) is 0 Å². The molecule has 1 amide bonds. The largest absolute Gasteiger partial charge is 0.487 e. The second-order valence-corrected chi connectivity index (χ2v) is 11.5. The Balaban J connectivity index is 1.28. The van der Waals surface area contributed by atoms with Crippen molar-refractivity contribution in [1.29, 1.82) is 10.8 Å². The number of amides is 1. The summed E-state index contributed by atoms with van der Waals surface area (Å²) in [5.41, 5.74) is 2.30. The number of carbonyl (C=O) groups excluding carboxylic acids is 1. The molecule has 1 unspecified atom stereocenters. The van der Waals surface area contributed by atoms with E-state index in [9.17, 15) is 4.79 Å². The van der Waals surface area contributed by atoms with Gasteiger partial charge in [0.1, 0.15) is 22.9 Å². The highest BCUT2D eigenvalue weighted by atomic mass is 32.2. The molecule has 1 fully saturated rings. The first-order valence-corrected chi connectivity index (χ1v) is 13.4. The van der Waals surface area contributed by atoms with Gasteiger partial charge in [0.15, 0.2) is 5.17 Å². The second-order valence-electron chi connectivity index (χ2n) is 10.5. The first kappa shape index (κ1) is 26.5. The highest BCUT2D eigenvalue weighted by molar-refractivity contribution is 8.13. The number of hydrogen-bond acceptors (Lipinski definition) is 8. The van der Waals surface area contributed by atoms with E-state index in [-0.39, 0.29) is 22.9 Å². The third-order valence-electron chi connectivity index (χ3n) is 6.15. The normalized spacial score (nSPS) is 15.5. The van der Waals surface area contributed by atoms with E-state index in [0.717, 1.165) is 33.3 Å². The third kappa shape index (κ3) is 6.31. The van der Waals surface area contributed by atoms with E-state index in [1.165, 1.54) is 11.8 Å². The molecule has 1 aliphatic rings. The Kier molecular flexibility index (Phi) is 7.17. The predicted molar refractivity (Wildman–Crippen MR) is 150 cm³/mol. The van der Waals surface area contributed by atoms with Crippen LogP contribution >= 0.6 is 11.8 Å². The van der Waals surface area contributed by atoms with Crippen LogP contribution in [0.1, 0.15) is 27.2 Å². The number of aromatic nitrogens is 4. The van der Waals surface area contributed by atoms with Crippen LogP contribution in [0.4, 0.5) is 4.79 Å². The molecule has 4 aromatic rings. The van der Waals surface area contributed by atoms with Crippen molar-refractivity contribution in [2.75, 3.05) is 13.1 Å². The summed E-state index contributed by atoms with van der Waals surface area (Å²) in [6, 6.07) is 11.3. The summed E-state index contributed by atoms with van der Waals surface area (Å²) >= 11 is 1.26. The van der Waals surface area contributed by atoms with Gasteiger partial charge in [-0.2, -0.15) is 5.10 Å². The Morgan fingerprint density at radius 3 is 2.67 bits per heavy atom. The van der Waals surface area contributed by atoms with Gasteiger partial charge < -0.3 is 14.4 Å². The number of fused-ring (bicyclic) bond motifs is 1. The Bertz CT molecular complexity index is 1600. The van der Waals surface area contributed by atoms with Crippen LogP contribution in [0.2, 0.25) is 0 Å². The number of benzene rings is 1. The Morgan fingerprint density at radius 1 is 1.10 bits per heavy atom. The summed E-state index contributed by atoms with van der Waals surface area (Å²) < 4.78 is 14.9. The van der Waals surface area contributed by atoms with Crippen LogP contribution in [0, 0.1) is 10.8 Å². The van der Waals surface area contributed by atoms with Gasteiger partial charge in [0.2, 0.25) is 0 Å². The fourth-order valence-corrected chi connectivity index (χ4v) is 5.09. The molecule has 39 heavy (non-hydrogen) atoms. The smallest absolute Gasteiger partial charge is 0.410 e. The van der Waals surface area contributed by atoms with Gasteiger partial charge in [0.25, 0.3) is 0 Å². The molecule has 10 nitrogen and oxygen atoms in total. The molecule has 0 aliphatic carbocycles. The van der Waals surface area contributed by atoms with E-state index in [0.29, 0.717) is 18.8 Å². The molecule has 0 saturated carbocycles. The van der Waals surface area contributed by atoms with Crippen LogP contribution < -0.4 is 10.2 Å². The number of thioether (sulfide) groups is 1. The lowest BCUT2D eigenvalue weighted by molar-refractivity contribution is 0.0275. The summed E-state index contributed by atoms with van der Waals surface area (Å²) in [5, 5.41) is 22.3. The van der Waals surface area contributed by atoms with E-state index in [2.05, 4.69) is 10.1 Å². The molecule has 11 heteroatoms. The summed E-state index contributed by atoms with van der Waals surface area (Å²) in [7, 11) is 1.85. The number of pyridine rings is 2. The Labute approximate surface area is 230 Å². The molecule has 1 saturated heterocycles. The Morgan fingerprint density at radius 2 is 1.92 bits per heavy atom. The SMILES string of the molecule is Cn1cc(-c2ccc(=N)n(C(=N)Sc3ccc4ncc(OC5CCN(C(=O)OC(C)(C)C)C5)cc4c3)c2)cn1.